The first-order valence-electron chi connectivity index (χ1n) is 6.04. The van der Waals surface area contributed by atoms with Crippen LogP contribution in [-0.4, -0.2) is 27.0 Å². The van der Waals surface area contributed by atoms with E-state index in [0.29, 0.717) is 12.3 Å². The first-order chi connectivity index (χ1) is 9.29. The van der Waals surface area contributed by atoms with E-state index in [1.54, 1.807) is 0 Å². The summed E-state index contributed by atoms with van der Waals surface area (Å²) >= 11 is 5.84. The van der Waals surface area contributed by atoms with Gasteiger partial charge in [0.05, 0.1) is 5.02 Å². The van der Waals surface area contributed by atoms with E-state index in [1.807, 2.05) is 6.92 Å². The lowest BCUT2D eigenvalue weighted by Crippen LogP contribution is -2.31. The van der Waals surface area contributed by atoms with Crippen LogP contribution >= 0.6 is 11.6 Å². The lowest BCUT2D eigenvalue weighted by atomic mass is 10.0. The molecular formula is C12H15ClN2O4S. The number of halogens is 1. The number of nitrogens with two attached hydrogens (primary N) is 1. The fourth-order valence-corrected chi connectivity index (χ4v) is 3.14. The molecule has 1 aliphatic heterocycles. The third kappa shape index (κ3) is 3.29. The van der Waals surface area contributed by atoms with E-state index in [1.165, 1.54) is 18.2 Å². The smallest absolute Gasteiger partial charge is 0.253 e. The van der Waals surface area contributed by atoms with Crippen molar-refractivity contribution in [2.75, 3.05) is 11.9 Å². The van der Waals surface area contributed by atoms with Crippen LogP contribution in [0.25, 0.3) is 0 Å². The number of sulfonamides is 1. The molecular weight excluding hydrogens is 304 g/mol. The Bertz CT molecular complexity index is 632. The second-order valence-corrected chi connectivity index (χ2v) is 6.67. The molecule has 0 aliphatic carbocycles. The normalized spacial score (nSPS) is 22.8. The number of nitrogens with one attached hydrogen (secondary N) is 1. The van der Waals surface area contributed by atoms with E-state index >= 15 is 0 Å². The van der Waals surface area contributed by atoms with Crippen LogP contribution in [0.5, 0.6) is 0 Å². The SMILES string of the molecule is CC1CCOC1C(=O)Nc1ccc(S(N)(=O)=O)c(Cl)c1. The Hall–Kier alpha value is -1.15. The van der Waals surface area contributed by atoms with E-state index in [9.17, 15) is 13.2 Å². The molecule has 1 amide bonds. The Balaban J connectivity index is 2.15. The highest BCUT2D eigenvalue weighted by atomic mass is 35.5. The van der Waals surface area contributed by atoms with E-state index in [-0.39, 0.29) is 21.7 Å². The number of anilines is 1. The third-order valence-electron chi connectivity index (χ3n) is 3.15. The molecule has 3 N–H and O–H groups in total. The van der Waals surface area contributed by atoms with Gasteiger partial charge >= 0.3 is 0 Å². The highest BCUT2D eigenvalue weighted by molar-refractivity contribution is 7.89. The monoisotopic (exact) mass is 318 g/mol. The molecule has 110 valence electrons. The Morgan fingerprint density at radius 1 is 1.50 bits per heavy atom. The maximum Gasteiger partial charge on any atom is 0.253 e. The van der Waals surface area contributed by atoms with Gasteiger partial charge in [-0.1, -0.05) is 18.5 Å². The molecule has 2 atom stereocenters. The van der Waals surface area contributed by atoms with Crippen LogP contribution in [0.4, 0.5) is 5.69 Å². The first-order valence-corrected chi connectivity index (χ1v) is 7.96. The van der Waals surface area contributed by atoms with Gasteiger partial charge < -0.3 is 10.1 Å². The van der Waals surface area contributed by atoms with Crippen LogP contribution in [0.3, 0.4) is 0 Å². The molecule has 0 spiro atoms. The van der Waals surface area contributed by atoms with E-state index in [4.69, 9.17) is 21.5 Å². The van der Waals surface area contributed by atoms with Crippen molar-refractivity contribution in [1.82, 2.24) is 0 Å². The fraction of sp³-hybridized carbons (Fsp3) is 0.417. The van der Waals surface area contributed by atoms with Gasteiger partial charge in [-0.3, -0.25) is 4.79 Å². The Morgan fingerprint density at radius 2 is 2.20 bits per heavy atom. The molecule has 0 radical (unpaired) electrons. The summed E-state index contributed by atoms with van der Waals surface area (Å²) in [7, 11) is -3.87. The lowest BCUT2D eigenvalue weighted by molar-refractivity contribution is -0.126. The summed E-state index contributed by atoms with van der Waals surface area (Å²) in [6.07, 6.45) is 0.343. The molecule has 6 nitrogen and oxygen atoms in total. The zero-order valence-corrected chi connectivity index (χ0v) is 12.4. The minimum Gasteiger partial charge on any atom is -0.368 e. The molecule has 2 unspecified atom stereocenters. The Morgan fingerprint density at radius 3 is 2.70 bits per heavy atom. The van der Waals surface area contributed by atoms with Gasteiger partial charge in [-0.25, -0.2) is 13.6 Å². The zero-order valence-electron chi connectivity index (χ0n) is 10.8. The van der Waals surface area contributed by atoms with Gasteiger partial charge in [0.2, 0.25) is 10.0 Å². The second-order valence-electron chi connectivity index (χ2n) is 4.74. The quantitative estimate of drug-likeness (QED) is 0.878. The van der Waals surface area contributed by atoms with E-state index in [0.717, 1.165) is 6.42 Å². The molecule has 0 saturated carbocycles. The molecule has 1 aromatic rings. The van der Waals surface area contributed by atoms with E-state index in [2.05, 4.69) is 5.32 Å². The molecule has 1 fully saturated rings. The van der Waals surface area contributed by atoms with Crippen molar-refractivity contribution in [3.05, 3.63) is 23.2 Å². The van der Waals surface area contributed by atoms with Gasteiger partial charge in [-0.15, -0.1) is 0 Å². The van der Waals surface area contributed by atoms with Crippen molar-refractivity contribution in [3.8, 4) is 0 Å². The summed E-state index contributed by atoms with van der Waals surface area (Å²) in [5.41, 5.74) is 0.398. The van der Waals surface area contributed by atoms with Gasteiger partial charge in [0, 0.05) is 12.3 Å². The minimum absolute atomic E-state index is 0.0364. The maximum absolute atomic E-state index is 12.0. The number of hydrogen-bond acceptors (Lipinski definition) is 4. The number of primary sulfonamides is 1. The standard InChI is InChI=1S/C12H15ClN2O4S/c1-7-4-5-19-11(7)12(16)15-8-2-3-10(9(13)6-8)20(14,17)18/h2-3,6-7,11H,4-5H2,1H3,(H,15,16)(H2,14,17,18). The van der Waals surface area contributed by atoms with Crippen molar-refractivity contribution in [3.63, 3.8) is 0 Å². The van der Waals surface area contributed by atoms with Crippen molar-refractivity contribution in [2.45, 2.75) is 24.3 Å². The predicted octanol–water partition coefficient (Wildman–Crippen LogP) is 1.35. The molecule has 1 saturated heterocycles. The van der Waals surface area contributed by atoms with Gasteiger partial charge in [-0.2, -0.15) is 0 Å². The number of rotatable bonds is 3. The predicted molar refractivity (Wildman–Crippen MR) is 75.0 cm³/mol. The molecule has 20 heavy (non-hydrogen) atoms. The van der Waals surface area contributed by atoms with Crippen molar-refractivity contribution in [1.29, 1.82) is 0 Å². The second kappa shape index (κ2) is 5.69. The van der Waals surface area contributed by atoms with Crippen molar-refractivity contribution >= 4 is 33.2 Å². The minimum atomic E-state index is -3.87. The highest BCUT2D eigenvalue weighted by Gasteiger charge is 2.30. The molecule has 1 aromatic carbocycles. The number of benzene rings is 1. The van der Waals surface area contributed by atoms with Crippen LogP contribution in [0.1, 0.15) is 13.3 Å². The molecule has 0 aromatic heterocycles. The van der Waals surface area contributed by atoms with Crippen LogP contribution in [-0.2, 0) is 19.6 Å². The maximum atomic E-state index is 12.0. The third-order valence-corrected chi connectivity index (χ3v) is 4.55. The fourth-order valence-electron chi connectivity index (χ4n) is 2.05. The van der Waals surface area contributed by atoms with Gasteiger partial charge in [0.25, 0.3) is 5.91 Å². The first kappa shape index (κ1) is 15.2. The van der Waals surface area contributed by atoms with Gasteiger partial charge in [0.15, 0.2) is 0 Å². The molecule has 1 aliphatic rings. The number of amides is 1. The van der Waals surface area contributed by atoms with E-state index < -0.39 is 16.1 Å². The summed E-state index contributed by atoms with van der Waals surface area (Å²) in [4.78, 5) is 11.8. The highest BCUT2D eigenvalue weighted by Crippen LogP contribution is 2.26. The molecule has 8 heteroatoms. The summed E-state index contributed by atoms with van der Waals surface area (Å²) < 4.78 is 27.8. The number of carbonyl (C=O) groups is 1. The molecule has 1 heterocycles. The van der Waals surface area contributed by atoms with Crippen molar-refractivity contribution in [2.24, 2.45) is 11.1 Å². The summed E-state index contributed by atoms with van der Waals surface area (Å²) in [5.74, 6) is -0.122. The van der Waals surface area contributed by atoms with Crippen LogP contribution in [0.2, 0.25) is 5.02 Å². The Labute approximate surface area is 122 Å². The lowest BCUT2D eigenvalue weighted by Gasteiger charge is -2.15. The largest absolute Gasteiger partial charge is 0.368 e. The molecule has 0 bridgehead atoms. The van der Waals surface area contributed by atoms with Crippen LogP contribution in [0.15, 0.2) is 23.1 Å². The van der Waals surface area contributed by atoms with Crippen LogP contribution < -0.4 is 10.5 Å². The summed E-state index contributed by atoms with van der Waals surface area (Å²) in [5, 5.41) is 7.62. The number of carbonyl (C=O) groups excluding carboxylic acids is 1. The summed E-state index contributed by atoms with van der Waals surface area (Å²) in [6.45, 7) is 2.50. The average molecular weight is 319 g/mol. The van der Waals surface area contributed by atoms with Crippen LogP contribution in [0, 0.1) is 5.92 Å². The average Bonchev–Trinajstić information content (AvgIpc) is 2.73. The Kier molecular flexibility index (Phi) is 4.33. The summed E-state index contributed by atoms with van der Waals surface area (Å²) in [6, 6.07) is 4.04. The van der Waals surface area contributed by atoms with Gasteiger partial charge in [0.1, 0.15) is 11.0 Å². The number of hydrogen-bond donors (Lipinski definition) is 2. The van der Waals surface area contributed by atoms with Crippen molar-refractivity contribution < 1.29 is 17.9 Å². The zero-order chi connectivity index (χ0) is 14.9. The molecule has 2 rings (SSSR count). The topological polar surface area (TPSA) is 98.5 Å². The van der Waals surface area contributed by atoms with Gasteiger partial charge in [-0.05, 0) is 30.5 Å². The number of ether oxygens (including phenoxy) is 1.